The van der Waals surface area contributed by atoms with Gasteiger partial charge in [0.1, 0.15) is 0 Å². The SMILES string of the molecule is Fc1ccc(-c2ncccc2-c2ccc3cn[nH]c3c2)cc1F. The van der Waals surface area contributed by atoms with E-state index in [0.29, 0.717) is 11.3 Å². The lowest BCUT2D eigenvalue weighted by atomic mass is 9.98. The van der Waals surface area contributed by atoms with Gasteiger partial charge in [-0.3, -0.25) is 10.1 Å². The summed E-state index contributed by atoms with van der Waals surface area (Å²) in [5.74, 6) is -1.76. The van der Waals surface area contributed by atoms with Gasteiger partial charge in [-0.1, -0.05) is 18.2 Å². The maximum atomic E-state index is 13.5. The number of pyridine rings is 1. The molecule has 0 aliphatic heterocycles. The second-order valence-corrected chi connectivity index (χ2v) is 5.20. The Labute approximate surface area is 130 Å². The van der Waals surface area contributed by atoms with Gasteiger partial charge in [0.25, 0.3) is 0 Å². The maximum absolute atomic E-state index is 13.5. The molecule has 0 bridgehead atoms. The fraction of sp³-hybridized carbons (Fsp3) is 0. The van der Waals surface area contributed by atoms with Gasteiger partial charge >= 0.3 is 0 Å². The van der Waals surface area contributed by atoms with Crippen molar-refractivity contribution in [1.29, 1.82) is 0 Å². The highest BCUT2D eigenvalue weighted by Gasteiger charge is 2.12. The normalized spacial score (nSPS) is 11.0. The second-order valence-electron chi connectivity index (χ2n) is 5.20. The summed E-state index contributed by atoms with van der Waals surface area (Å²) in [5, 5.41) is 7.94. The third-order valence-corrected chi connectivity index (χ3v) is 3.75. The van der Waals surface area contributed by atoms with Gasteiger partial charge in [-0.15, -0.1) is 0 Å². The van der Waals surface area contributed by atoms with E-state index >= 15 is 0 Å². The molecule has 3 nitrogen and oxygen atoms in total. The second kappa shape index (κ2) is 5.28. The summed E-state index contributed by atoms with van der Waals surface area (Å²) in [4.78, 5) is 4.35. The number of rotatable bonds is 2. The Hall–Kier alpha value is -3.08. The molecule has 0 saturated carbocycles. The molecule has 4 rings (SSSR count). The van der Waals surface area contributed by atoms with Crippen molar-refractivity contribution in [3.63, 3.8) is 0 Å². The highest BCUT2D eigenvalue weighted by atomic mass is 19.2. The largest absolute Gasteiger partial charge is 0.278 e. The van der Waals surface area contributed by atoms with E-state index < -0.39 is 11.6 Å². The zero-order chi connectivity index (χ0) is 15.8. The van der Waals surface area contributed by atoms with Gasteiger partial charge in [-0.05, 0) is 35.9 Å². The van der Waals surface area contributed by atoms with Gasteiger partial charge in [0.2, 0.25) is 0 Å². The van der Waals surface area contributed by atoms with Gasteiger partial charge in [0, 0.05) is 22.7 Å². The number of nitrogens with one attached hydrogen (secondary N) is 1. The molecule has 2 heterocycles. The molecule has 1 N–H and O–H groups in total. The van der Waals surface area contributed by atoms with Crippen LogP contribution in [0.1, 0.15) is 0 Å². The summed E-state index contributed by atoms with van der Waals surface area (Å²) in [6.07, 6.45) is 3.38. The van der Waals surface area contributed by atoms with Crippen LogP contribution >= 0.6 is 0 Å². The van der Waals surface area contributed by atoms with Crippen molar-refractivity contribution >= 4 is 10.9 Å². The molecule has 23 heavy (non-hydrogen) atoms. The van der Waals surface area contributed by atoms with Crippen molar-refractivity contribution < 1.29 is 8.78 Å². The van der Waals surface area contributed by atoms with Crippen LogP contribution in [-0.2, 0) is 0 Å². The molecule has 0 atom stereocenters. The molecular weight excluding hydrogens is 296 g/mol. The molecule has 0 spiro atoms. The lowest BCUT2D eigenvalue weighted by Gasteiger charge is -2.09. The van der Waals surface area contributed by atoms with E-state index in [4.69, 9.17) is 0 Å². The summed E-state index contributed by atoms with van der Waals surface area (Å²) in [6.45, 7) is 0. The van der Waals surface area contributed by atoms with Crippen LogP contribution in [0.2, 0.25) is 0 Å². The summed E-state index contributed by atoms with van der Waals surface area (Å²) < 4.78 is 26.7. The Morgan fingerprint density at radius 3 is 2.61 bits per heavy atom. The number of halogens is 2. The van der Waals surface area contributed by atoms with Crippen LogP contribution in [0.25, 0.3) is 33.3 Å². The van der Waals surface area contributed by atoms with E-state index in [2.05, 4.69) is 15.2 Å². The molecule has 0 unspecified atom stereocenters. The smallest absolute Gasteiger partial charge is 0.159 e. The van der Waals surface area contributed by atoms with Gasteiger partial charge in [-0.25, -0.2) is 8.78 Å². The standard InChI is InChI=1S/C18H11F2N3/c19-15-6-5-12(8-16(15)20)18-14(2-1-7-21-18)11-3-4-13-10-22-23-17(13)9-11/h1-10H,(H,22,23). The number of aromatic nitrogens is 3. The summed E-state index contributed by atoms with van der Waals surface area (Å²) >= 11 is 0. The van der Waals surface area contributed by atoms with Gasteiger partial charge < -0.3 is 0 Å². The maximum Gasteiger partial charge on any atom is 0.159 e. The van der Waals surface area contributed by atoms with Crippen LogP contribution in [0.5, 0.6) is 0 Å². The fourth-order valence-corrected chi connectivity index (χ4v) is 2.62. The van der Waals surface area contributed by atoms with Gasteiger partial charge in [0.15, 0.2) is 11.6 Å². The number of hydrogen-bond donors (Lipinski definition) is 1. The summed E-state index contributed by atoms with van der Waals surface area (Å²) in [5.41, 5.74) is 3.81. The summed E-state index contributed by atoms with van der Waals surface area (Å²) in [7, 11) is 0. The molecule has 5 heteroatoms. The molecule has 0 amide bonds. The molecule has 2 aromatic carbocycles. The first kappa shape index (κ1) is 13.6. The molecule has 112 valence electrons. The molecule has 0 aliphatic carbocycles. The third-order valence-electron chi connectivity index (χ3n) is 3.75. The van der Waals surface area contributed by atoms with E-state index in [1.807, 2.05) is 30.3 Å². The van der Waals surface area contributed by atoms with Crippen LogP contribution < -0.4 is 0 Å². The Morgan fingerprint density at radius 1 is 0.870 bits per heavy atom. The molecule has 2 aromatic heterocycles. The zero-order valence-electron chi connectivity index (χ0n) is 11.9. The predicted molar refractivity (Wildman–Crippen MR) is 84.7 cm³/mol. The lowest BCUT2D eigenvalue weighted by Crippen LogP contribution is -1.91. The minimum atomic E-state index is -0.886. The number of nitrogens with zero attached hydrogens (tertiary/aromatic N) is 2. The molecule has 0 aliphatic rings. The average Bonchev–Trinajstić information content (AvgIpc) is 3.05. The Morgan fingerprint density at radius 2 is 1.74 bits per heavy atom. The third kappa shape index (κ3) is 2.36. The van der Waals surface area contributed by atoms with Crippen molar-refractivity contribution in [3.05, 3.63) is 72.6 Å². The first-order valence-electron chi connectivity index (χ1n) is 7.06. The zero-order valence-corrected chi connectivity index (χ0v) is 11.9. The quantitative estimate of drug-likeness (QED) is 0.589. The first-order valence-corrected chi connectivity index (χ1v) is 7.06. The van der Waals surface area contributed by atoms with Crippen LogP contribution in [0.3, 0.4) is 0 Å². The highest BCUT2D eigenvalue weighted by molar-refractivity contribution is 5.88. The molecular formula is C18H11F2N3. The predicted octanol–water partition coefficient (Wildman–Crippen LogP) is 4.57. The fourth-order valence-electron chi connectivity index (χ4n) is 2.62. The van der Waals surface area contributed by atoms with E-state index in [1.54, 1.807) is 12.4 Å². The van der Waals surface area contributed by atoms with Crippen molar-refractivity contribution in [2.24, 2.45) is 0 Å². The van der Waals surface area contributed by atoms with Crippen LogP contribution in [0.15, 0.2) is 60.9 Å². The molecule has 0 saturated heterocycles. The Bertz CT molecular complexity index is 1010. The lowest BCUT2D eigenvalue weighted by molar-refractivity contribution is 0.509. The molecule has 0 radical (unpaired) electrons. The number of hydrogen-bond acceptors (Lipinski definition) is 2. The number of aromatic amines is 1. The summed E-state index contributed by atoms with van der Waals surface area (Å²) in [6, 6.07) is 13.4. The minimum Gasteiger partial charge on any atom is -0.278 e. The van der Waals surface area contributed by atoms with Gasteiger partial charge in [-0.2, -0.15) is 5.10 Å². The van der Waals surface area contributed by atoms with Crippen LogP contribution in [-0.4, -0.2) is 15.2 Å². The van der Waals surface area contributed by atoms with Crippen molar-refractivity contribution in [2.45, 2.75) is 0 Å². The average molecular weight is 307 g/mol. The number of H-pyrrole nitrogens is 1. The monoisotopic (exact) mass is 307 g/mol. The highest BCUT2D eigenvalue weighted by Crippen LogP contribution is 2.32. The van der Waals surface area contributed by atoms with E-state index in [0.717, 1.165) is 34.2 Å². The topological polar surface area (TPSA) is 41.6 Å². The van der Waals surface area contributed by atoms with E-state index in [-0.39, 0.29) is 0 Å². The van der Waals surface area contributed by atoms with Crippen LogP contribution in [0.4, 0.5) is 8.78 Å². The Kier molecular flexibility index (Phi) is 3.12. The van der Waals surface area contributed by atoms with Crippen molar-refractivity contribution in [1.82, 2.24) is 15.2 Å². The molecule has 4 aromatic rings. The number of benzene rings is 2. The van der Waals surface area contributed by atoms with Crippen molar-refractivity contribution in [2.75, 3.05) is 0 Å². The number of fused-ring (bicyclic) bond motifs is 1. The van der Waals surface area contributed by atoms with E-state index in [9.17, 15) is 8.78 Å². The van der Waals surface area contributed by atoms with Gasteiger partial charge in [0.05, 0.1) is 17.4 Å². The first-order chi connectivity index (χ1) is 11.2. The van der Waals surface area contributed by atoms with Crippen LogP contribution in [0, 0.1) is 11.6 Å². The molecule has 0 fully saturated rings. The Balaban J connectivity index is 1.90. The minimum absolute atomic E-state index is 0.532. The van der Waals surface area contributed by atoms with E-state index in [1.165, 1.54) is 6.07 Å². The van der Waals surface area contributed by atoms with Crippen molar-refractivity contribution in [3.8, 4) is 22.4 Å².